The lowest BCUT2D eigenvalue weighted by molar-refractivity contribution is -0.137. The summed E-state index contributed by atoms with van der Waals surface area (Å²) in [4.78, 5) is 11.6. The molecular weight excluding hydrogens is 361 g/mol. The summed E-state index contributed by atoms with van der Waals surface area (Å²) in [5, 5.41) is 12.7. The van der Waals surface area contributed by atoms with E-state index in [2.05, 4.69) is 15.5 Å². The number of aromatic nitrogens is 2. The van der Waals surface area contributed by atoms with Crippen LogP contribution in [0.2, 0.25) is 0 Å². The second kappa shape index (κ2) is 8.34. The first kappa shape index (κ1) is 18.5. The number of benzene rings is 1. The van der Waals surface area contributed by atoms with Crippen molar-refractivity contribution in [2.24, 2.45) is 0 Å². The predicted octanol–water partition coefficient (Wildman–Crippen LogP) is 3.31. The molecule has 0 aliphatic rings. The first-order chi connectivity index (χ1) is 11.3. The lowest BCUT2D eigenvalue weighted by atomic mass is 10.2. The van der Waals surface area contributed by atoms with E-state index in [4.69, 9.17) is 0 Å². The SMILES string of the molecule is CC(Sc1nnc(NCc2ccccc2)s1)C(=O)NCC(F)(F)F. The van der Waals surface area contributed by atoms with Crippen molar-refractivity contribution in [3.05, 3.63) is 35.9 Å². The highest BCUT2D eigenvalue weighted by Gasteiger charge is 2.29. The monoisotopic (exact) mass is 376 g/mol. The molecular formula is C14H15F3N4OS2. The van der Waals surface area contributed by atoms with Gasteiger partial charge in [-0.3, -0.25) is 4.79 Å². The van der Waals surface area contributed by atoms with Gasteiger partial charge in [-0.15, -0.1) is 10.2 Å². The van der Waals surface area contributed by atoms with Gasteiger partial charge < -0.3 is 10.6 Å². The van der Waals surface area contributed by atoms with Crippen LogP contribution in [0.3, 0.4) is 0 Å². The number of thioether (sulfide) groups is 1. The summed E-state index contributed by atoms with van der Waals surface area (Å²) < 4.78 is 36.8. The van der Waals surface area contributed by atoms with Gasteiger partial charge >= 0.3 is 6.18 Å². The van der Waals surface area contributed by atoms with Gasteiger partial charge in [0.1, 0.15) is 6.54 Å². The molecule has 1 aromatic carbocycles. The second-order valence-corrected chi connectivity index (χ2v) is 7.37. The number of hydrogen-bond donors (Lipinski definition) is 2. The Labute approximate surface area is 145 Å². The van der Waals surface area contributed by atoms with E-state index in [0.29, 0.717) is 16.0 Å². The Kier molecular flexibility index (Phi) is 6.44. The van der Waals surface area contributed by atoms with Crippen LogP contribution < -0.4 is 10.6 Å². The lowest BCUT2D eigenvalue weighted by Gasteiger charge is -2.11. The Hall–Kier alpha value is -1.81. The van der Waals surface area contributed by atoms with Gasteiger partial charge in [0.2, 0.25) is 11.0 Å². The van der Waals surface area contributed by atoms with Crippen molar-refractivity contribution < 1.29 is 18.0 Å². The summed E-state index contributed by atoms with van der Waals surface area (Å²) in [7, 11) is 0. The Morgan fingerprint density at radius 1 is 1.29 bits per heavy atom. The number of hydrogen-bond acceptors (Lipinski definition) is 6. The van der Waals surface area contributed by atoms with Gasteiger partial charge in [-0.25, -0.2) is 0 Å². The standard InChI is InChI=1S/C14H15F3N4OS2/c1-9(11(22)19-8-14(15,16)17)23-13-21-20-12(24-13)18-7-10-5-3-2-4-6-10/h2-6,9H,7-8H2,1H3,(H,18,20)(H,19,22). The van der Waals surface area contributed by atoms with Crippen molar-refractivity contribution in [2.45, 2.75) is 29.2 Å². The van der Waals surface area contributed by atoms with E-state index < -0.39 is 23.9 Å². The van der Waals surface area contributed by atoms with Gasteiger partial charge in [-0.05, 0) is 12.5 Å². The first-order valence-electron chi connectivity index (χ1n) is 6.96. The van der Waals surface area contributed by atoms with Crippen molar-refractivity contribution in [2.75, 3.05) is 11.9 Å². The minimum atomic E-state index is -4.42. The largest absolute Gasteiger partial charge is 0.405 e. The average molecular weight is 376 g/mol. The van der Waals surface area contributed by atoms with E-state index in [0.717, 1.165) is 17.3 Å². The van der Waals surface area contributed by atoms with Crippen LogP contribution in [0, 0.1) is 0 Å². The molecule has 0 saturated heterocycles. The number of halogens is 3. The van der Waals surface area contributed by atoms with E-state index in [9.17, 15) is 18.0 Å². The molecule has 130 valence electrons. The number of nitrogens with zero attached hydrogens (tertiary/aromatic N) is 2. The van der Waals surface area contributed by atoms with Crippen molar-refractivity contribution in [3.8, 4) is 0 Å². The fourth-order valence-corrected chi connectivity index (χ4v) is 3.55. The predicted molar refractivity (Wildman–Crippen MR) is 88.1 cm³/mol. The van der Waals surface area contributed by atoms with Crippen LogP contribution in [0.1, 0.15) is 12.5 Å². The lowest BCUT2D eigenvalue weighted by Crippen LogP contribution is -2.37. The molecule has 0 aliphatic carbocycles. The summed E-state index contributed by atoms with van der Waals surface area (Å²) in [5.74, 6) is -0.689. The molecule has 2 rings (SSSR count). The van der Waals surface area contributed by atoms with Gasteiger partial charge in [0.25, 0.3) is 0 Å². The molecule has 0 bridgehead atoms. The van der Waals surface area contributed by atoms with E-state index >= 15 is 0 Å². The molecule has 1 amide bonds. The molecule has 0 fully saturated rings. The number of nitrogens with one attached hydrogen (secondary N) is 2. The van der Waals surface area contributed by atoms with Crippen molar-refractivity contribution >= 4 is 34.1 Å². The maximum absolute atomic E-state index is 12.1. The Morgan fingerprint density at radius 3 is 2.67 bits per heavy atom. The zero-order valence-electron chi connectivity index (χ0n) is 12.6. The highest BCUT2D eigenvalue weighted by atomic mass is 32.2. The second-order valence-electron chi connectivity index (χ2n) is 4.81. The molecule has 0 aliphatic heterocycles. The summed E-state index contributed by atoms with van der Waals surface area (Å²) in [5.41, 5.74) is 1.08. The first-order valence-corrected chi connectivity index (χ1v) is 8.65. The smallest absolute Gasteiger partial charge is 0.356 e. The molecule has 2 aromatic rings. The molecule has 1 heterocycles. The van der Waals surface area contributed by atoms with E-state index in [1.165, 1.54) is 18.3 Å². The van der Waals surface area contributed by atoms with Crippen molar-refractivity contribution in [1.29, 1.82) is 0 Å². The number of alkyl halides is 3. The maximum Gasteiger partial charge on any atom is 0.405 e. The molecule has 0 spiro atoms. The molecule has 2 N–H and O–H groups in total. The zero-order valence-corrected chi connectivity index (χ0v) is 14.3. The molecule has 0 saturated carbocycles. The van der Waals surface area contributed by atoms with Gasteiger partial charge in [0.05, 0.1) is 5.25 Å². The summed E-state index contributed by atoms with van der Waals surface area (Å²) >= 11 is 2.32. The number of anilines is 1. The minimum Gasteiger partial charge on any atom is -0.356 e. The van der Waals surface area contributed by atoms with Gasteiger partial charge in [-0.1, -0.05) is 53.4 Å². The van der Waals surface area contributed by atoms with E-state index in [1.54, 1.807) is 0 Å². The minimum absolute atomic E-state index is 0.514. The fourth-order valence-electron chi connectivity index (χ4n) is 1.64. The van der Waals surface area contributed by atoms with Crippen LogP contribution in [-0.2, 0) is 11.3 Å². The summed E-state index contributed by atoms with van der Waals surface area (Å²) in [6.45, 7) is 0.771. The van der Waals surface area contributed by atoms with Crippen LogP contribution in [0.4, 0.5) is 18.3 Å². The molecule has 0 radical (unpaired) electrons. The normalized spacial score (nSPS) is 12.7. The molecule has 1 atom stereocenters. The van der Waals surface area contributed by atoms with Crippen LogP contribution in [0.5, 0.6) is 0 Å². The third-order valence-electron chi connectivity index (χ3n) is 2.80. The van der Waals surface area contributed by atoms with E-state index in [-0.39, 0.29) is 0 Å². The Bertz CT molecular complexity index is 664. The molecule has 10 heteroatoms. The maximum atomic E-state index is 12.1. The van der Waals surface area contributed by atoms with Gasteiger partial charge in [0, 0.05) is 6.54 Å². The number of rotatable bonds is 7. The third kappa shape index (κ3) is 6.36. The van der Waals surface area contributed by atoms with Crippen LogP contribution >= 0.6 is 23.1 Å². The quantitative estimate of drug-likeness (QED) is 0.726. The topological polar surface area (TPSA) is 66.9 Å². The molecule has 1 aromatic heterocycles. The van der Waals surface area contributed by atoms with Crippen molar-refractivity contribution in [1.82, 2.24) is 15.5 Å². The van der Waals surface area contributed by atoms with Crippen LogP contribution in [0.15, 0.2) is 34.7 Å². The van der Waals surface area contributed by atoms with Crippen molar-refractivity contribution in [3.63, 3.8) is 0 Å². The number of carbonyl (C=O) groups excluding carboxylic acids is 1. The molecule has 5 nitrogen and oxygen atoms in total. The highest BCUT2D eigenvalue weighted by molar-refractivity contribution is 8.02. The van der Waals surface area contributed by atoms with Crippen LogP contribution in [0.25, 0.3) is 0 Å². The molecule has 24 heavy (non-hydrogen) atoms. The summed E-state index contributed by atoms with van der Waals surface area (Å²) in [6, 6.07) is 9.72. The Balaban J connectivity index is 1.81. The number of amides is 1. The number of carbonyl (C=O) groups is 1. The van der Waals surface area contributed by atoms with Gasteiger partial charge in [-0.2, -0.15) is 13.2 Å². The fraction of sp³-hybridized carbons (Fsp3) is 0.357. The third-order valence-corrected chi connectivity index (χ3v) is 4.87. The summed E-state index contributed by atoms with van der Waals surface area (Å²) in [6.07, 6.45) is -4.42. The highest BCUT2D eigenvalue weighted by Crippen LogP contribution is 2.29. The van der Waals surface area contributed by atoms with Gasteiger partial charge in [0.15, 0.2) is 4.34 Å². The Morgan fingerprint density at radius 2 is 2.00 bits per heavy atom. The van der Waals surface area contributed by atoms with E-state index in [1.807, 2.05) is 35.6 Å². The molecule has 1 unspecified atom stereocenters. The van der Waals surface area contributed by atoms with Crippen LogP contribution in [-0.4, -0.2) is 34.1 Å². The average Bonchev–Trinajstić information content (AvgIpc) is 2.98. The zero-order chi connectivity index (χ0) is 17.6.